The Labute approximate surface area is 307 Å². The molecule has 0 saturated carbocycles. The third-order valence-electron chi connectivity index (χ3n) is 9.43. The van der Waals surface area contributed by atoms with Gasteiger partial charge < -0.3 is 45.5 Å². The summed E-state index contributed by atoms with van der Waals surface area (Å²) < 4.78 is 31.7. The number of nitrogens with zero attached hydrogens (tertiary/aromatic N) is 2. The number of anilines is 1. The minimum absolute atomic E-state index is 0.0551. The van der Waals surface area contributed by atoms with Crippen LogP contribution in [0.3, 0.4) is 0 Å². The van der Waals surface area contributed by atoms with Crippen molar-refractivity contribution < 1.29 is 48.3 Å². The van der Waals surface area contributed by atoms with Crippen LogP contribution in [0, 0.1) is 5.82 Å². The fourth-order valence-electron chi connectivity index (χ4n) is 6.43. The van der Waals surface area contributed by atoms with Gasteiger partial charge in [-0.05, 0) is 73.5 Å². The lowest BCUT2D eigenvalue weighted by Gasteiger charge is -2.37. The average molecular weight is 738 g/mol. The quantitative estimate of drug-likeness (QED) is 0.120. The fourth-order valence-corrected chi connectivity index (χ4v) is 6.43. The molecule has 0 atom stereocenters. The molecule has 4 amide bonds. The molecule has 286 valence electrons. The molecule has 0 aliphatic carbocycles. The van der Waals surface area contributed by atoms with Gasteiger partial charge in [0.25, 0.3) is 5.91 Å². The maximum absolute atomic E-state index is 13.7. The monoisotopic (exact) mass is 737 g/mol. The molecule has 2 saturated heterocycles. The molecule has 0 aromatic heterocycles. The van der Waals surface area contributed by atoms with E-state index in [2.05, 4.69) is 20.9 Å². The maximum atomic E-state index is 13.7. The van der Waals surface area contributed by atoms with Crippen molar-refractivity contribution in [1.82, 2.24) is 20.9 Å². The van der Waals surface area contributed by atoms with Gasteiger partial charge in [0, 0.05) is 56.8 Å². The van der Waals surface area contributed by atoms with E-state index in [1.54, 1.807) is 41.3 Å². The number of carbonyl (C=O) groups is 3. The van der Waals surface area contributed by atoms with Gasteiger partial charge in [-0.15, -0.1) is 0 Å². The molecule has 2 aliphatic rings. The number of aliphatic hydroxyl groups is 3. The number of benzene rings is 3. The Morgan fingerprint density at radius 3 is 2.04 bits per heavy atom. The molecular weight excluding hydrogens is 689 g/mol. The van der Waals surface area contributed by atoms with Crippen molar-refractivity contribution in [3.8, 4) is 22.6 Å². The number of nitrogens with one attached hydrogen (secondary N) is 3. The summed E-state index contributed by atoms with van der Waals surface area (Å²) in [5.41, 5.74) is 1.38. The van der Waals surface area contributed by atoms with Gasteiger partial charge in [0.15, 0.2) is 0 Å². The summed E-state index contributed by atoms with van der Waals surface area (Å²) >= 11 is 0. The van der Waals surface area contributed by atoms with E-state index < -0.39 is 43.1 Å². The highest BCUT2D eigenvalue weighted by molar-refractivity contribution is 5.96. The smallest absolute Gasteiger partial charge is 0.415 e. The van der Waals surface area contributed by atoms with E-state index >= 15 is 0 Å². The average Bonchev–Trinajstić information content (AvgIpc) is 3.49. The van der Waals surface area contributed by atoms with Gasteiger partial charge in [-0.1, -0.05) is 12.1 Å². The van der Waals surface area contributed by atoms with Gasteiger partial charge in [0.2, 0.25) is 0 Å². The molecule has 3 aromatic carbocycles. The number of hydrogen-bond acceptors (Lipinski definition) is 10. The van der Waals surface area contributed by atoms with Crippen LogP contribution < -0.4 is 30.3 Å². The first-order valence-corrected chi connectivity index (χ1v) is 17.7. The van der Waals surface area contributed by atoms with E-state index in [9.17, 15) is 34.1 Å². The first-order valence-electron chi connectivity index (χ1n) is 17.7. The van der Waals surface area contributed by atoms with Gasteiger partial charge in [-0.3, -0.25) is 14.6 Å². The second-order valence-corrected chi connectivity index (χ2v) is 13.2. The standard InChI is InChI=1S/C38H48FN5O9/c1-3-51-31-19-26(20-32(52-4-2)33(31)27-5-9-29(39)10-6-27)21-43-17-13-38(14-18-43)22-44(36(50)53-38)30-11-7-28(8-12-30)34(48)40-15-16-41-35(49)42-37(23-45,24-46)25-47/h5-12,19-20,45-47H,3-4,13-18,21-25H2,1-2H3,(H,40,48)(H2,41,42,49). The second kappa shape index (κ2) is 17.7. The summed E-state index contributed by atoms with van der Waals surface area (Å²) in [6.07, 6.45) is 0.854. The molecule has 3 aromatic rings. The van der Waals surface area contributed by atoms with Crippen LogP contribution in [0.4, 0.5) is 19.7 Å². The molecule has 14 nitrogen and oxygen atoms in total. The number of piperidine rings is 1. The highest BCUT2D eigenvalue weighted by Crippen LogP contribution is 2.41. The zero-order chi connectivity index (χ0) is 38.0. The molecule has 15 heteroatoms. The van der Waals surface area contributed by atoms with Crippen LogP contribution in [-0.4, -0.2) is 115 Å². The van der Waals surface area contributed by atoms with E-state index in [1.165, 1.54) is 12.1 Å². The Hall–Kier alpha value is -4.96. The first-order chi connectivity index (χ1) is 25.6. The Morgan fingerprint density at radius 1 is 0.887 bits per heavy atom. The number of carbonyl (C=O) groups excluding carboxylic acids is 3. The van der Waals surface area contributed by atoms with Gasteiger partial charge in [0.1, 0.15) is 28.5 Å². The third kappa shape index (κ3) is 9.53. The van der Waals surface area contributed by atoms with Crippen LogP contribution in [0.25, 0.3) is 11.1 Å². The number of aliphatic hydroxyl groups excluding tert-OH is 3. The van der Waals surface area contributed by atoms with Crippen molar-refractivity contribution >= 4 is 23.7 Å². The molecule has 2 fully saturated rings. The van der Waals surface area contributed by atoms with Crippen LogP contribution in [0.2, 0.25) is 0 Å². The third-order valence-corrected chi connectivity index (χ3v) is 9.43. The van der Waals surface area contributed by atoms with Crippen molar-refractivity contribution in [2.45, 2.75) is 44.4 Å². The van der Waals surface area contributed by atoms with Gasteiger partial charge in [-0.25, -0.2) is 14.0 Å². The normalized spacial score (nSPS) is 15.6. The lowest BCUT2D eigenvalue weighted by Crippen LogP contribution is -2.59. The second-order valence-electron chi connectivity index (χ2n) is 13.2. The summed E-state index contributed by atoms with van der Waals surface area (Å²) in [5.74, 6) is 0.644. The molecule has 6 N–H and O–H groups in total. The van der Waals surface area contributed by atoms with Crippen molar-refractivity contribution in [3.63, 3.8) is 0 Å². The molecule has 0 unspecified atom stereocenters. The van der Waals surface area contributed by atoms with Crippen molar-refractivity contribution in [2.75, 3.05) is 70.7 Å². The number of rotatable bonds is 16. The number of halogens is 1. The molecule has 0 bridgehead atoms. The Bertz CT molecular complexity index is 1680. The fraction of sp³-hybridized carbons (Fsp3) is 0.447. The topological polar surface area (TPSA) is 182 Å². The highest BCUT2D eigenvalue weighted by Gasteiger charge is 2.47. The molecule has 2 heterocycles. The molecule has 1 spiro atoms. The number of ether oxygens (including phenoxy) is 3. The summed E-state index contributed by atoms with van der Waals surface area (Å²) in [6, 6.07) is 16.2. The van der Waals surface area contributed by atoms with E-state index in [1.807, 2.05) is 26.0 Å². The number of likely N-dealkylation sites (tertiary alicyclic amines) is 1. The Balaban J connectivity index is 1.14. The van der Waals surface area contributed by atoms with Crippen LogP contribution in [0.15, 0.2) is 60.7 Å². The van der Waals surface area contributed by atoms with Gasteiger partial charge in [0.05, 0.1) is 45.1 Å². The van der Waals surface area contributed by atoms with Crippen molar-refractivity contribution in [2.24, 2.45) is 0 Å². The lowest BCUT2D eigenvalue weighted by atomic mass is 9.91. The zero-order valence-electron chi connectivity index (χ0n) is 30.0. The Kier molecular flexibility index (Phi) is 13.1. The molecule has 53 heavy (non-hydrogen) atoms. The minimum atomic E-state index is -1.56. The van der Waals surface area contributed by atoms with E-state index in [0.29, 0.717) is 75.0 Å². The molecular formula is C38H48FN5O9. The van der Waals surface area contributed by atoms with Crippen LogP contribution in [0.5, 0.6) is 11.5 Å². The SMILES string of the molecule is CCOc1cc(CN2CCC3(CC2)CN(c2ccc(C(=O)NCCNC(=O)NC(CO)(CO)CO)cc2)C(=O)O3)cc(OCC)c1-c1ccc(F)cc1. The number of urea groups is 1. The van der Waals surface area contributed by atoms with Crippen LogP contribution in [-0.2, 0) is 11.3 Å². The van der Waals surface area contributed by atoms with E-state index in [-0.39, 0.29) is 24.8 Å². The summed E-state index contributed by atoms with van der Waals surface area (Å²) in [7, 11) is 0. The summed E-state index contributed by atoms with van der Waals surface area (Å²) in [4.78, 5) is 41.7. The molecule has 2 aliphatic heterocycles. The predicted molar refractivity (Wildman–Crippen MR) is 195 cm³/mol. The van der Waals surface area contributed by atoms with Crippen LogP contribution in [0.1, 0.15) is 42.6 Å². The van der Waals surface area contributed by atoms with Crippen molar-refractivity contribution in [1.29, 1.82) is 0 Å². The molecule has 0 radical (unpaired) electrons. The highest BCUT2D eigenvalue weighted by atomic mass is 19.1. The predicted octanol–water partition coefficient (Wildman–Crippen LogP) is 3.03. The number of amides is 4. The zero-order valence-corrected chi connectivity index (χ0v) is 30.0. The van der Waals surface area contributed by atoms with Crippen molar-refractivity contribution in [3.05, 3.63) is 77.6 Å². The minimum Gasteiger partial charge on any atom is -0.493 e. The first kappa shape index (κ1) is 39.3. The van der Waals surface area contributed by atoms with Crippen LogP contribution >= 0.6 is 0 Å². The maximum Gasteiger partial charge on any atom is 0.415 e. The van der Waals surface area contributed by atoms with Gasteiger partial charge in [-0.2, -0.15) is 0 Å². The largest absolute Gasteiger partial charge is 0.493 e. The summed E-state index contributed by atoms with van der Waals surface area (Å²) in [5, 5.41) is 35.5. The molecule has 5 rings (SSSR count). The van der Waals surface area contributed by atoms with E-state index in [0.717, 1.165) is 16.7 Å². The lowest BCUT2D eigenvalue weighted by molar-refractivity contribution is -0.00101. The van der Waals surface area contributed by atoms with E-state index in [4.69, 9.17) is 14.2 Å². The van der Waals surface area contributed by atoms with Gasteiger partial charge >= 0.3 is 12.1 Å². The number of hydrogen-bond donors (Lipinski definition) is 6. The Morgan fingerprint density at radius 2 is 1.47 bits per heavy atom. The summed E-state index contributed by atoms with van der Waals surface area (Å²) in [6.45, 7) is 5.38.